The van der Waals surface area contributed by atoms with Crippen LogP contribution in [0.1, 0.15) is 15.9 Å². The molecule has 2 N–H and O–H groups in total. The first kappa shape index (κ1) is 21.7. The monoisotopic (exact) mass is 444 g/mol. The normalized spacial score (nSPS) is 11.0. The van der Waals surface area contributed by atoms with E-state index in [0.29, 0.717) is 35.0 Å². The molecule has 0 saturated heterocycles. The van der Waals surface area contributed by atoms with Crippen LogP contribution in [-0.4, -0.2) is 28.0 Å². The van der Waals surface area contributed by atoms with Gasteiger partial charge in [-0.2, -0.15) is 0 Å². The van der Waals surface area contributed by atoms with Gasteiger partial charge < -0.3 is 10.1 Å². The lowest BCUT2D eigenvalue weighted by Crippen LogP contribution is -2.25. The average Bonchev–Trinajstić information content (AvgIpc) is 2.75. The second kappa shape index (κ2) is 9.65. The standard InChI is InChI=1S/C22H21ClN2O4S/c1-29-21-5-3-2-4-20(21)25-30(27,28)19-12-8-17(9-13-19)22(26)24-15-14-16-6-10-18(23)11-7-16/h2-13,25H,14-15H2,1H3,(H,24,26). The second-order valence-electron chi connectivity index (χ2n) is 6.46. The maximum Gasteiger partial charge on any atom is 0.262 e. The largest absolute Gasteiger partial charge is 0.495 e. The predicted octanol–water partition coefficient (Wildman–Crippen LogP) is 4.12. The van der Waals surface area contributed by atoms with Crippen molar-refractivity contribution in [1.29, 1.82) is 0 Å². The quantitative estimate of drug-likeness (QED) is 0.547. The smallest absolute Gasteiger partial charge is 0.262 e. The Balaban J connectivity index is 1.61. The van der Waals surface area contributed by atoms with Crippen molar-refractivity contribution in [1.82, 2.24) is 5.32 Å². The molecule has 0 aromatic heterocycles. The van der Waals surface area contributed by atoms with Crippen LogP contribution in [0.25, 0.3) is 0 Å². The van der Waals surface area contributed by atoms with Crippen LogP contribution in [-0.2, 0) is 16.4 Å². The van der Waals surface area contributed by atoms with Crippen molar-refractivity contribution >= 4 is 33.2 Å². The highest BCUT2D eigenvalue weighted by atomic mass is 35.5. The number of hydrogen-bond acceptors (Lipinski definition) is 4. The molecule has 0 aliphatic rings. The lowest BCUT2D eigenvalue weighted by Gasteiger charge is -2.12. The van der Waals surface area contributed by atoms with Gasteiger partial charge in [0.2, 0.25) is 0 Å². The number of carbonyl (C=O) groups excluding carboxylic acids is 1. The fourth-order valence-electron chi connectivity index (χ4n) is 2.79. The molecule has 8 heteroatoms. The first-order valence-corrected chi connectivity index (χ1v) is 11.0. The molecular formula is C22H21ClN2O4S. The predicted molar refractivity (Wildman–Crippen MR) is 118 cm³/mol. The van der Waals surface area contributed by atoms with Crippen LogP contribution in [0.3, 0.4) is 0 Å². The molecule has 3 aromatic rings. The Hall–Kier alpha value is -3.03. The van der Waals surface area contributed by atoms with Gasteiger partial charge in [0.05, 0.1) is 17.7 Å². The van der Waals surface area contributed by atoms with Crippen LogP contribution in [0.15, 0.2) is 77.7 Å². The van der Waals surface area contributed by atoms with E-state index in [1.54, 1.807) is 36.4 Å². The summed E-state index contributed by atoms with van der Waals surface area (Å²) in [6.07, 6.45) is 0.665. The fraction of sp³-hybridized carbons (Fsp3) is 0.136. The molecule has 30 heavy (non-hydrogen) atoms. The molecule has 0 saturated carbocycles. The summed E-state index contributed by atoms with van der Waals surface area (Å²) in [5.41, 5.74) is 1.77. The van der Waals surface area contributed by atoms with Gasteiger partial charge in [0.25, 0.3) is 15.9 Å². The summed E-state index contributed by atoms with van der Waals surface area (Å²) in [5, 5.41) is 3.49. The van der Waals surface area contributed by atoms with Crippen molar-refractivity contribution in [2.75, 3.05) is 18.4 Å². The maximum absolute atomic E-state index is 12.6. The van der Waals surface area contributed by atoms with E-state index in [4.69, 9.17) is 16.3 Å². The number of methoxy groups -OCH3 is 1. The van der Waals surface area contributed by atoms with Crippen molar-refractivity contribution in [2.24, 2.45) is 0 Å². The number of benzene rings is 3. The number of sulfonamides is 1. The molecule has 6 nitrogen and oxygen atoms in total. The molecular weight excluding hydrogens is 424 g/mol. The van der Waals surface area contributed by atoms with E-state index < -0.39 is 10.0 Å². The summed E-state index contributed by atoms with van der Waals surface area (Å²) in [4.78, 5) is 12.4. The molecule has 156 valence electrons. The number of amides is 1. The Morgan fingerprint density at radius 3 is 2.30 bits per heavy atom. The van der Waals surface area contributed by atoms with E-state index in [-0.39, 0.29) is 10.8 Å². The van der Waals surface area contributed by atoms with E-state index in [0.717, 1.165) is 5.56 Å². The number of anilines is 1. The summed E-state index contributed by atoms with van der Waals surface area (Å²) < 4.78 is 32.9. The number of carbonyl (C=O) groups is 1. The Bertz CT molecular complexity index is 1110. The molecule has 3 aromatic carbocycles. The molecule has 0 spiro atoms. The van der Waals surface area contributed by atoms with Crippen molar-refractivity contribution in [3.63, 3.8) is 0 Å². The third-order valence-corrected chi connectivity index (χ3v) is 6.02. The Morgan fingerprint density at radius 1 is 0.967 bits per heavy atom. The number of nitrogens with one attached hydrogen (secondary N) is 2. The van der Waals surface area contributed by atoms with Crippen LogP contribution in [0.4, 0.5) is 5.69 Å². The first-order valence-electron chi connectivity index (χ1n) is 9.17. The van der Waals surface area contributed by atoms with Crippen LogP contribution < -0.4 is 14.8 Å². The number of halogens is 1. The maximum atomic E-state index is 12.6. The Labute approximate surface area is 180 Å². The van der Waals surface area contributed by atoms with E-state index in [1.807, 2.05) is 12.1 Å². The zero-order valence-corrected chi connectivity index (χ0v) is 17.8. The second-order valence-corrected chi connectivity index (χ2v) is 8.58. The van der Waals surface area contributed by atoms with Crippen LogP contribution in [0, 0.1) is 0 Å². The van der Waals surface area contributed by atoms with Crippen LogP contribution >= 0.6 is 11.6 Å². The molecule has 0 fully saturated rings. The Morgan fingerprint density at radius 2 is 1.63 bits per heavy atom. The van der Waals surface area contributed by atoms with Crippen LogP contribution in [0.2, 0.25) is 5.02 Å². The minimum Gasteiger partial charge on any atom is -0.495 e. The van der Waals surface area contributed by atoms with Crippen molar-refractivity contribution in [3.8, 4) is 5.75 Å². The van der Waals surface area contributed by atoms with E-state index in [1.165, 1.54) is 31.4 Å². The molecule has 3 rings (SSSR count). The molecule has 0 atom stereocenters. The third-order valence-electron chi connectivity index (χ3n) is 4.39. The fourth-order valence-corrected chi connectivity index (χ4v) is 3.99. The highest BCUT2D eigenvalue weighted by Gasteiger charge is 2.17. The number of rotatable bonds is 8. The van der Waals surface area contributed by atoms with E-state index in [9.17, 15) is 13.2 Å². The van der Waals surface area contributed by atoms with Crippen molar-refractivity contribution < 1.29 is 17.9 Å². The first-order chi connectivity index (χ1) is 14.4. The minimum absolute atomic E-state index is 0.0473. The van der Waals surface area contributed by atoms with Gasteiger partial charge in [-0.15, -0.1) is 0 Å². The molecule has 0 unspecified atom stereocenters. The van der Waals surface area contributed by atoms with Gasteiger partial charge in [-0.1, -0.05) is 35.9 Å². The van der Waals surface area contributed by atoms with Crippen molar-refractivity contribution in [2.45, 2.75) is 11.3 Å². The third kappa shape index (κ3) is 5.52. The Kier molecular flexibility index (Phi) is 6.97. The summed E-state index contributed by atoms with van der Waals surface area (Å²) >= 11 is 5.86. The zero-order valence-electron chi connectivity index (χ0n) is 16.3. The summed E-state index contributed by atoms with van der Waals surface area (Å²) in [6, 6.07) is 19.9. The summed E-state index contributed by atoms with van der Waals surface area (Å²) in [5.74, 6) is 0.142. The highest BCUT2D eigenvalue weighted by molar-refractivity contribution is 7.92. The molecule has 1 amide bonds. The van der Waals surface area contributed by atoms with Gasteiger partial charge in [0.1, 0.15) is 5.75 Å². The van der Waals surface area contributed by atoms with Gasteiger partial charge >= 0.3 is 0 Å². The van der Waals surface area contributed by atoms with Gasteiger partial charge in [-0.05, 0) is 60.5 Å². The van der Waals surface area contributed by atoms with Crippen molar-refractivity contribution in [3.05, 3.63) is 88.9 Å². The molecule has 0 heterocycles. The topological polar surface area (TPSA) is 84.5 Å². The molecule has 0 radical (unpaired) electrons. The lowest BCUT2D eigenvalue weighted by atomic mass is 10.1. The van der Waals surface area contributed by atoms with E-state index >= 15 is 0 Å². The van der Waals surface area contributed by atoms with Gasteiger partial charge in [0, 0.05) is 17.1 Å². The molecule has 0 aliphatic carbocycles. The van der Waals surface area contributed by atoms with Crippen LogP contribution in [0.5, 0.6) is 5.75 Å². The van der Waals surface area contributed by atoms with E-state index in [2.05, 4.69) is 10.0 Å². The molecule has 0 bridgehead atoms. The van der Waals surface area contributed by atoms with Gasteiger partial charge in [0.15, 0.2) is 0 Å². The van der Waals surface area contributed by atoms with Gasteiger partial charge in [-0.3, -0.25) is 9.52 Å². The number of para-hydroxylation sites is 2. The SMILES string of the molecule is COc1ccccc1NS(=O)(=O)c1ccc(C(=O)NCCc2ccc(Cl)cc2)cc1. The summed E-state index contributed by atoms with van der Waals surface area (Å²) in [7, 11) is -2.35. The average molecular weight is 445 g/mol. The number of ether oxygens (including phenoxy) is 1. The number of hydrogen-bond donors (Lipinski definition) is 2. The highest BCUT2D eigenvalue weighted by Crippen LogP contribution is 2.26. The minimum atomic E-state index is -3.82. The molecule has 0 aliphatic heterocycles. The lowest BCUT2D eigenvalue weighted by molar-refractivity contribution is 0.0954. The zero-order chi connectivity index (χ0) is 21.6. The summed E-state index contributed by atoms with van der Waals surface area (Å²) in [6.45, 7) is 0.454. The van der Waals surface area contributed by atoms with Gasteiger partial charge in [-0.25, -0.2) is 8.42 Å².